The van der Waals surface area contributed by atoms with Gasteiger partial charge in [0.25, 0.3) is 0 Å². The van der Waals surface area contributed by atoms with E-state index in [0.717, 1.165) is 16.6 Å². The molecule has 2 rings (SSSR count). The molecule has 1 aromatic carbocycles. The number of halogens is 3. The number of thiazole rings is 1. The van der Waals surface area contributed by atoms with Gasteiger partial charge in [0.2, 0.25) is 0 Å². The number of nitrogens with two attached hydrogens (primary N) is 1. The van der Waals surface area contributed by atoms with Crippen LogP contribution in [0, 0.1) is 11.6 Å². The number of hydrogen-bond acceptors (Lipinski definition) is 3. The van der Waals surface area contributed by atoms with E-state index >= 15 is 0 Å². The van der Waals surface area contributed by atoms with E-state index in [1.165, 1.54) is 17.4 Å². The van der Waals surface area contributed by atoms with E-state index in [0.29, 0.717) is 21.6 Å². The minimum absolute atomic E-state index is 0.174. The quantitative estimate of drug-likeness (QED) is 0.845. The molecule has 1 aromatic heterocycles. The average Bonchev–Trinajstić information content (AvgIpc) is 2.64. The first-order chi connectivity index (χ1) is 9.18. The average molecular weight is 361 g/mol. The van der Waals surface area contributed by atoms with Crippen molar-refractivity contribution in [1.29, 1.82) is 0 Å². The van der Waals surface area contributed by atoms with Gasteiger partial charge in [0, 0.05) is 32.8 Å². The van der Waals surface area contributed by atoms with Gasteiger partial charge in [-0.25, -0.2) is 13.8 Å². The molecule has 0 unspecified atom stereocenters. The van der Waals surface area contributed by atoms with Gasteiger partial charge in [0.15, 0.2) is 5.13 Å². The lowest BCUT2D eigenvalue weighted by Gasteiger charge is -2.18. The van der Waals surface area contributed by atoms with Crippen LogP contribution in [0.2, 0.25) is 0 Å². The molecule has 0 aliphatic carbocycles. The standard InChI is InChI=1S/C14H15BrF2N2S/c1-14(2,3)12-11(20-13(18)19-12)6-8-9(15)4-7(16)5-10(8)17/h4-5H,6H2,1-3H3,(H2,18,19). The molecule has 20 heavy (non-hydrogen) atoms. The highest BCUT2D eigenvalue weighted by Gasteiger charge is 2.24. The third-order valence-corrected chi connectivity index (χ3v) is 4.46. The Morgan fingerprint density at radius 1 is 1.30 bits per heavy atom. The molecule has 0 fully saturated rings. The molecular formula is C14H15BrF2N2S. The first kappa shape index (κ1) is 15.4. The zero-order chi connectivity index (χ0) is 15.1. The molecular weight excluding hydrogens is 346 g/mol. The Labute approximate surface area is 129 Å². The fraction of sp³-hybridized carbons (Fsp3) is 0.357. The Bertz CT molecular complexity index is 624. The van der Waals surface area contributed by atoms with Gasteiger partial charge in [-0.2, -0.15) is 0 Å². The number of rotatable bonds is 2. The maximum absolute atomic E-state index is 13.9. The molecule has 6 heteroatoms. The largest absolute Gasteiger partial charge is 0.375 e. The van der Waals surface area contributed by atoms with Crippen LogP contribution in [-0.4, -0.2) is 4.98 Å². The minimum Gasteiger partial charge on any atom is -0.375 e. The van der Waals surface area contributed by atoms with Gasteiger partial charge in [-0.1, -0.05) is 36.7 Å². The van der Waals surface area contributed by atoms with E-state index in [4.69, 9.17) is 5.73 Å². The summed E-state index contributed by atoms with van der Waals surface area (Å²) in [5.41, 5.74) is 6.87. The number of nitrogens with zero attached hydrogens (tertiary/aromatic N) is 1. The van der Waals surface area contributed by atoms with Crippen LogP contribution in [0.4, 0.5) is 13.9 Å². The number of aromatic nitrogens is 1. The summed E-state index contributed by atoms with van der Waals surface area (Å²) in [6, 6.07) is 2.15. The van der Waals surface area contributed by atoms with Crippen molar-refractivity contribution in [2.45, 2.75) is 32.6 Å². The Morgan fingerprint density at radius 3 is 2.50 bits per heavy atom. The van der Waals surface area contributed by atoms with Crippen LogP contribution >= 0.6 is 27.3 Å². The second-order valence-corrected chi connectivity index (χ2v) is 7.57. The van der Waals surface area contributed by atoms with Crippen molar-refractivity contribution < 1.29 is 8.78 Å². The lowest BCUT2D eigenvalue weighted by molar-refractivity contribution is 0.561. The van der Waals surface area contributed by atoms with Crippen molar-refractivity contribution in [3.63, 3.8) is 0 Å². The molecule has 0 saturated heterocycles. The van der Waals surface area contributed by atoms with Crippen molar-refractivity contribution in [3.8, 4) is 0 Å². The van der Waals surface area contributed by atoms with Crippen LogP contribution in [0.5, 0.6) is 0 Å². The zero-order valence-corrected chi connectivity index (χ0v) is 13.8. The molecule has 2 N–H and O–H groups in total. The fourth-order valence-corrected chi connectivity index (χ4v) is 3.58. The van der Waals surface area contributed by atoms with Gasteiger partial charge in [0.1, 0.15) is 11.6 Å². The molecule has 0 atom stereocenters. The van der Waals surface area contributed by atoms with Crippen molar-refractivity contribution >= 4 is 32.4 Å². The third-order valence-electron chi connectivity index (χ3n) is 2.87. The Kier molecular flexibility index (Phi) is 4.16. The molecule has 0 aliphatic rings. The second kappa shape index (κ2) is 5.41. The van der Waals surface area contributed by atoms with Crippen LogP contribution in [0.15, 0.2) is 16.6 Å². The summed E-state index contributed by atoms with van der Waals surface area (Å²) in [6.07, 6.45) is 0.341. The molecule has 0 saturated carbocycles. The molecule has 0 spiro atoms. The predicted molar refractivity (Wildman–Crippen MR) is 82.1 cm³/mol. The number of anilines is 1. The van der Waals surface area contributed by atoms with Crippen molar-refractivity contribution in [3.05, 3.63) is 44.4 Å². The summed E-state index contributed by atoms with van der Waals surface area (Å²) >= 11 is 4.55. The number of benzene rings is 1. The Balaban J connectivity index is 2.46. The van der Waals surface area contributed by atoms with Gasteiger partial charge in [-0.3, -0.25) is 0 Å². The van der Waals surface area contributed by atoms with Crippen molar-refractivity contribution in [2.24, 2.45) is 0 Å². The predicted octanol–water partition coefficient (Wildman–Crippen LogP) is 4.65. The number of nitrogen functional groups attached to an aromatic ring is 1. The van der Waals surface area contributed by atoms with E-state index in [1.807, 2.05) is 20.8 Å². The molecule has 0 amide bonds. The molecule has 2 nitrogen and oxygen atoms in total. The summed E-state index contributed by atoms with van der Waals surface area (Å²) in [7, 11) is 0. The monoisotopic (exact) mass is 360 g/mol. The van der Waals surface area contributed by atoms with E-state index in [1.54, 1.807) is 0 Å². The second-order valence-electron chi connectivity index (χ2n) is 5.60. The normalized spacial score (nSPS) is 11.9. The van der Waals surface area contributed by atoms with Gasteiger partial charge in [-0.05, 0) is 6.07 Å². The van der Waals surface area contributed by atoms with E-state index in [-0.39, 0.29) is 5.41 Å². The summed E-state index contributed by atoms with van der Waals surface area (Å²) in [4.78, 5) is 5.24. The zero-order valence-electron chi connectivity index (χ0n) is 11.4. The Morgan fingerprint density at radius 2 is 1.95 bits per heavy atom. The molecule has 1 heterocycles. The van der Waals surface area contributed by atoms with Crippen LogP contribution in [0.1, 0.15) is 36.9 Å². The molecule has 2 aromatic rings. The SMILES string of the molecule is CC(C)(C)c1nc(N)sc1Cc1c(F)cc(F)cc1Br. The van der Waals surface area contributed by atoms with Crippen LogP contribution in [-0.2, 0) is 11.8 Å². The van der Waals surface area contributed by atoms with Gasteiger partial charge < -0.3 is 5.73 Å². The van der Waals surface area contributed by atoms with Gasteiger partial charge >= 0.3 is 0 Å². The number of hydrogen-bond donors (Lipinski definition) is 1. The molecule has 0 radical (unpaired) electrons. The van der Waals surface area contributed by atoms with E-state index < -0.39 is 11.6 Å². The van der Waals surface area contributed by atoms with Crippen molar-refractivity contribution in [1.82, 2.24) is 4.98 Å². The van der Waals surface area contributed by atoms with Crippen molar-refractivity contribution in [2.75, 3.05) is 5.73 Å². The highest BCUT2D eigenvalue weighted by atomic mass is 79.9. The summed E-state index contributed by atoms with van der Waals surface area (Å²) in [6.45, 7) is 6.09. The molecule has 0 bridgehead atoms. The molecule has 0 aliphatic heterocycles. The lowest BCUT2D eigenvalue weighted by Crippen LogP contribution is -2.14. The highest BCUT2D eigenvalue weighted by molar-refractivity contribution is 9.10. The van der Waals surface area contributed by atoms with Gasteiger partial charge in [-0.15, -0.1) is 11.3 Å². The first-order valence-electron chi connectivity index (χ1n) is 6.07. The first-order valence-corrected chi connectivity index (χ1v) is 7.68. The van der Waals surface area contributed by atoms with Crippen LogP contribution in [0.25, 0.3) is 0 Å². The van der Waals surface area contributed by atoms with Crippen LogP contribution in [0.3, 0.4) is 0 Å². The highest BCUT2D eigenvalue weighted by Crippen LogP contribution is 2.34. The fourth-order valence-electron chi connectivity index (χ4n) is 1.98. The Hall–Kier alpha value is -1.01. The summed E-state index contributed by atoms with van der Waals surface area (Å²) < 4.78 is 27.5. The summed E-state index contributed by atoms with van der Waals surface area (Å²) in [5, 5.41) is 0.462. The van der Waals surface area contributed by atoms with E-state index in [2.05, 4.69) is 20.9 Å². The minimum atomic E-state index is -0.599. The van der Waals surface area contributed by atoms with Crippen LogP contribution < -0.4 is 5.73 Å². The smallest absolute Gasteiger partial charge is 0.180 e. The lowest BCUT2D eigenvalue weighted by atomic mass is 9.90. The maximum atomic E-state index is 13.9. The molecule has 108 valence electrons. The van der Waals surface area contributed by atoms with Gasteiger partial charge in [0.05, 0.1) is 5.69 Å². The third kappa shape index (κ3) is 3.17. The summed E-state index contributed by atoms with van der Waals surface area (Å²) in [5.74, 6) is -1.17. The topological polar surface area (TPSA) is 38.9 Å². The maximum Gasteiger partial charge on any atom is 0.180 e. The van der Waals surface area contributed by atoms with E-state index in [9.17, 15) is 8.78 Å².